The summed E-state index contributed by atoms with van der Waals surface area (Å²) in [6.07, 6.45) is 2.08. The molecule has 1 heterocycles. The van der Waals surface area contributed by atoms with Crippen LogP contribution in [0.3, 0.4) is 0 Å². The average molecular weight is 293 g/mol. The van der Waals surface area contributed by atoms with Crippen molar-refractivity contribution >= 4 is 0 Å². The zero-order valence-corrected chi connectivity index (χ0v) is 13.6. The van der Waals surface area contributed by atoms with Gasteiger partial charge in [-0.25, -0.2) is 0 Å². The van der Waals surface area contributed by atoms with Crippen LogP contribution >= 0.6 is 0 Å². The summed E-state index contributed by atoms with van der Waals surface area (Å²) < 4.78 is 16.9. The van der Waals surface area contributed by atoms with E-state index in [1.807, 2.05) is 19.1 Å². The van der Waals surface area contributed by atoms with Crippen LogP contribution in [0.4, 0.5) is 0 Å². The van der Waals surface area contributed by atoms with Crippen molar-refractivity contribution in [3.8, 4) is 11.5 Å². The van der Waals surface area contributed by atoms with Crippen LogP contribution in [0, 0.1) is 0 Å². The Morgan fingerprint density at radius 3 is 2.86 bits per heavy atom. The van der Waals surface area contributed by atoms with Crippen LogP contribution in [-0.2, 0) is 11.3 Å². The van der Waals surface area contributed by atoms with E-state index in [1.54, 1.807) is 7.11 Å². The molecule has 1 aromatic carbocycles. The second-order valence-electron chi connectivity index (χ2n) is 6.06. The monoisotopic (exact) mass is 293 g/mol. The third kappa shape index (κ3) is 4.35. The number of nitrogens with one attached hydrogen (secondary N) is 1. The average Bonchev–Trinajstić information content (AvgIpc) is 2.44. The van der Waals surface area contributed by atoms with E-state index < -0.39 is 0 Å². The van der Waals surface area contributed by atoms with Gasteiger partial charge in [0.2, 0.25) is 0 Å². The number of para-hydroxylation sites is 1. The van der Waals surface area contributed by atoms with Gasteiger partial charge >= 0.3 is 0 Å². The summed E-state index contributed by atoms with van der Waals surface area (Å²) in [6, 6.07) is 6.52. The predicted molar refractivity (Wildman–Crippen MR) is 84.1 cm³/mol. The Labute approximate surface area is 127 Å². The summed E-state index contributed by atoms with van der Waals surface area (Å²) in [7, 11) is 1.69. The lowest BCUT2D eigenvalue weighted by atomic mass is 9.94. The van der Waals surface area contributed by atoms with Gasteiger partial charge in [0.05, 0.1) is 19.3 Å². The summed E-state index contributed by atoms with van der Waals surface area (Å²) in [6.45, 7) is 8.52. The molecule has 0 aromatic heterocycles. The zero-order valence-electron chi connectivity index (χ0n) is 13.6. The van der Waals surface area contributed by atoms with Gasteiger partial charge in [0.1, 0.15) is 0 Å². The van der Waals surface area contributed by atoms with Gasteiger partial charge in [-0.1, -0.05) is 12.1 Å². The van der Waals surface area contributed by atoms with E-state index in [4.69, 9.17) is 14.2 Å². The molecule has 0 spiro atoms. The molecule has 0 aliphatic carbocycles. The van der Waals surface area contributed by atoms with Gasteiger partial charge in [0, 0.05) is 24.8 Å². The SMILES string of the molecule is CCOc1cccc(CNC2CCOC(C)(C)C2)c1OC. The molecule has 2 rings (SSSR count). The number of ether oxygens (including phenoxy) is 3. The van der Waals surface area contributed by atoms with Crippen molar-refractivity contribution < 1.29 is 14.2 Å². The summed E-state index contributed by atoms with van der Waals surface area (Å²) in [5.41, 5.74) is 1.10. The maximum atomic E-state index is 5.76. The van der Waals surface area contributed by atoms with Crippen LogP contribution in [0.2, 0.25) is 0 Å². The molecule has 1 saturated heterocycles. The summed E-state index contributed by atoms with van der Waals surface area (Å²) >= 11 is 0. The van der Waals surface area contributed by atoms with Crippen LogP contribution in [0.1, 0.15) is 39.2 Å². The zero-order chi connectivity index (χ0) is 15.3. The second-order valence-corrected chi connectivity index (χ2v) is 6.06. The molecular formula is C17H27NO3. The van der Waals surface area contributed by atoms with Crippen molar-refractivity contribution in [1.82, 2.24) is 5.32 Å². The maximum Gasteiger partial charge on any atom is 0.165 e. The van der Waals surface area contributed by atoms with Crippen LogP contribution in [0.5, 0.6) is 11.5 Å². The standard InChI is InChI=1S/C17H27NO3/c1-5-20-15-8-6-7-13(16(15)19-4)12-18-14-9-10-21-17(2,3)11-14/h6-8,14,18H,5,9-12H2,1-4H3. The molecule has 4 nitrogen and oxygen atoms in total. The van der Waals surface area contributed by atoms with Gasteiger partial charge < -0.3 is 19.5 Å². The second kappa shape index (κ2) is 7.14. The first-order valence-corrected chi connectivity index (χ1v) is 7.71. The summed E-state index contributed by atoms with van der Waals surface area (Å²) in [5.74, 6) is 1.64. The van der Waals surface area contributed by atoms with Crippen LogP contribution in [0.15, 0.2) is 18.2 Å². The Bertz CT molecular complexity index is 459. The van der Waals surface area contributed by atoms with Gasteiger partial charge in [-0.15, -0.1) is 0 Å². The van der Waals surface area contributed by atoms with E-state index in [-0.39, 0.29) is 5.60 Å². The highest BCUT2D eigenvalue weighted by molar-refractivity contribution is 5.46. The Kier molecular flexibility index (Phi) is 5.48. The molecular weight excluding hydrogens is 266 g/mol. The van der Waals surface area contributed by atoms with Gasteiger partial charge in [-0.05, 0) is 39.7 Å². The molecule has 4 heteroatoms. The smallest absolute Gasteiger partial charge is 0.165 e. The van der Waals surface area contributed by atoms with E-state index in [0.717, 1.165) is 43.1 Å². The first-order chi connectivity index (χ1) is 10.1. The Morgan fingerprint density at radius 2 is 2.19 bits per heavy atom. The number of hydrogen-bond acceptors (Lipinski definition) is 4. The first-order valence-electron chi connectivity index (χ1n) is 7.71. The molecule has 1 fully saturated rings. The first kappa shape index (κ1) is 16.1. The van der Waals surface area contributed by atoms with Crippen LogP contribution in [-0.4, -0.2) is 32.0 Å². The van der Waals surface area contributed by atoms with E-state index >= 15 is 0 Å². The molecule has 1 N–H and O–H groups in total. The summed E-state index contributed by atoms with van der Waals surface area (Å²) in [5, 5.41) is 3.62. The van der Waals surface area contributed by atoms with Crippen molar-refractivity contribution in [2.75, 3.05) is 20.3 Å². The molecule has 0 amide bonds. The number of methoxy groups -OCH3 is 1. The predicted octanol–water partition coefficient (Wildman–Crippen LogP) is 3.14. The number of benzene rings is 1. The minimum atomic E-state index is -0.0346. The van der Waals surface area contributed by atoms with E-state index in [2.05, 4.69) is 25.2 Å². The third-order valence-electron chi connectivity index (χ3n) is 3.84. The lowest BCUT2D eigenvalue weighted by Gasteiger charge is -2.36. The molecule has 0 saturated carbocycles. The van der Waals surface area contributed by atoms with Crippen LogP contribution in [0.25, 0.3) is 0 Å². The molecule has 118 valence electrons. The minimum absolute atomic E-state index is 0.0346. The molecule has 1 unspecified atom stereocenters. The van der Waals surface area contributed by atoms with Crippen LogP contribution < -0.4 is 14.8 Å². The Hall–Kier alpha value is -1.26. The molecule has 21 heavy (non-hydrogen) atoms. The highest BCUT2D eigenvalue weighted by Crippen LogP contribution is 2.31. The Balaban J connectivity index is 2.01. The summed E-state index contributed by atoms with van der Waals surface area (Å²) in [4.78, 5) is 0. The lowest BCUT2D eigenvalue weighted by molar-refractivity contribution is -0.0630. The van der Waals surface area contributed by atoms with Gasteiger partial charge in [-0.2, -0.15) is 0 Å². The number of rotatable bonds is 6. The fourth-order valence-electron chi connectivity index (χ4n) is 2.86. The van der Waals surface area contributed by atoms with Crippen molar-refractivity contribution in [1.29, 1.82) is 0 Å². The highest BCUT2D eigenvalue weighted by atomic mass is 16.5. The minimum Gasteiger partial charge on any atom is -0.493 e. The maximum absolute atomic E-state index is 5.76. The normalized spacial score (nSPS) is 21.0. The number of hydrogen-bond donors (Lipinski definition) is 1. The fourth-order valence-corrected chi connectivity index (χ4v) is 2.86. The van der Waals surface area contributed by atoms with Gasteiger partial charge in [-0.3, -0.25) is 0 Å². The molecule has 1 aliphatic heterocycles. The molecule has 0 bridgehead atoms. The lowest BCUT2D eigenvalue weighted by Crippen LogP contribution is -2.43. The van der Waals surface area contributed by atoms with Crippen molar-refractivity contribution in [3.05, 3.63) is 23.8 Å². The van der Waals surface area contributed by atoms with E-state index in [0.29, 0.717) is 12.6 Å². The van der Waals surface area contributed by atoms with Crippen molar-refractivity contribution in [2.24, 2.45) is 0 Å². The topological polar surface area (TPSA) is 39.7 Å². The van der Waals surface area contributed by atoms with E-state index in [9.17, 15) is 0 Å². The largest absolute Gasteiger partial charge is 0.493 e. The third-order valence-corrected chi connectivity index (χ3v) is 3.84. The molecule has 0 radical (unpaired) electrons. The molecule has 1 atom stereocenters. The highest BCUT2D eigenvalue weighted by Gasteiger charge is 2.28. The van der Waals surface area contributed by atoms with Gasteiger partial charge in [0.25, 0.3) is 0 Å². The Morgan fingerprint density at radius 1 is 1.38 bits per heavy atom. The van der Waals surface area contributed by atoms with Crippen molar-refractivity contribution in [2.45, 2.75) is 51.8 Å². The quantitative estimate of drug-likeness (QED) is 0.874. The van der Waals surface area contributed by atoms with Crippen molar-refractivity contribution in [3.63, 3.8) is 0 Å². The fraction of sp³-hybridized carbons (Fsp3) is 0.647. The molecule has 1 aliphatic rings. The van der Waals surface area contributed by atoms with Gasteiger partial charge in [0.15, 0.2) is 11.5 Å². The molecule has 1 aromatic rings. The van der Waals surface area contributed by atoms with E-state index in [1.165, 1.54) is 0 Å².